The Kier molecular flexibility index (Phi) is 4.00. The van der Waals surface area contributed by atoms with Crippen LogP contribution in [-0.4, -0.2) is 15.5 Å². The number of carboxylic acids is 1. The molecule has 0 aliphatic carbocycles. The summed E-state index contributed by atoms with van der Waals surface area (Å²) in [6, 6.07) is 15.7. The van der Waals surface area contributed by atoms with Gasteiger partial charge in [0.05, 0.1) is 17.2 Å². The van der Waals surface area contributed by atoms with Crippen LogP contribution in [0.3, 0.4) is 0 Å². The minimum Gasteiger partial charge on any atom is -0.545 e. The van der Waals surface area contributed by atoms with Gasteiger partial charge in [-0.3, -0.25) is 4.79 Å². The molecule has 0 aliphatic rings. The maximum atomic E-state index is 12.4. The molecule has 0 saturated heterocycles. The highest BCUT2D eigenvalue weighted by molar-refractivity contribution is 5.90. The monoisotopic (exact) mass is 319 g/mol. The molecule has 3 aromatic rings. The number of benzene rings is 2. The Labute approximate surface area is 138 Å². The van der Waals surface area contributed by atoms with Crippen LogP contribution in [0.4, 0.5) is 0 Å². The third-order valence-corrected chi connectivity index (χ3v) is 3.93. The van der Waals surface area contributed by atoms with Crippen molar-refractivity contribution in [2.24, 2.45) is 0 Å². The zero-order valence-corrected chi connectivity index (χ0v) is 13.3. The van der Waals surface area contributed by atoms with E-state index in [0.29, 0.717) is 22.8 Å². The van der Waals surface area contributed by atoms with Crippen LogP contribution in [0, 0.1) is 13.8 Å². The summed E-state index contributed by atoms with van der Waals surface area (Å²) in [6.07, 6.45) is 0. The molecule has 3 rings (SSSR count). The molecule has 0 radical (unpaired) electrons. The van der Waals surface area contributed by atoms with Crippen molar-refractivity contribution in [3.63, 3.8) is 0 Å². The number of aromatic carboxylic acids is 1. The fraction of sp³-hybridized carbons (Fsp3) is 0.105. The summed E-state index contributed by atoms with van der Waals surface area (Å²) in [5.41, 5.74) is 1.97. The van der Waals surface area contributed by atoms with E-state index in [1.807, 2.05) is 30.3 Å². The van der Waals surface area contributed by atoms with Crippen molar-refractivity contribution < 1.29 is 9.90 Å². The van der Waals surface area contributed by atoms with E-state index in [-0.39, 0.29) is 11.1 Å². The molecule has 0 saturated carbocycles. The summed E-state index contributed by atoms with van der Waals surface area (Å²) < 4.78 is 1.68. The molecule has 0 aliphatic heterocycles. The lowest BCUT2D eigenvalue weighted by Gasteiger charge is -2.20. The van der Waals surface area contributed by atoms with Gasteiger partial charge in [0.15, 0.2) is 0 Å². The fourth-order valence-corrected chi connectivity index (χ4v) is 2.90. The zero-order valence-electron chi connectivity index (χ0n) is 13.3. The van der Waals surface area contributed by atoms with Crippen molar-refractivity contribution in [2.75, 3.05) is 0 Å². The van der Waals surface area contributed by atoms with Gasteiger partial charge < -0.3 is 14.5 Å². The molecular weight excluding hydrogens is 304 g/mol. The molecule has 2 aromatic carbocycles. The van der Waals surface area contributed by atoms with Gasteiger partial charge in [0.25, 0.3) is 5.56 Å². The number of hydrogen-bond donors (Lipinski definition) is 0. The number of hydrogen-bond acceptors (Lipinski definition) is 4. The first-order valence-corrected chi connectivity index (χ1v) is 7.47. The third kappa shape index (κ3) is 2.60. The van der Waals surface area contributed by atoms with Crippen molar-refractivity contribution in [3.05, 3.63) is 82.0 Å². The Morgan fingerprint density at radius 1 is 1.00 bits per heavy atom. The number of aryl methyl sites for hydroxylation is 1. The fourth-order valence-electron chi connectivity index (χ4n) is 2.90. The van der Waals surface area contributed by atoms with Crippen LogP contribution in [0.5, 0.6) is 0 Å². The predicted molar refractivity (Wildman–Crippen MR) is 89.1 cm³/mol. The highest BCUT2D eigenvalue weighted by atomic mass is 16.4. The molecule has 0 spiro atoms. The molecule has 1 heterocycles. The number of rotatable bonds is 3. The number of aromatic nitrogens is 2. The van der Waals surface area contributed by atoms with Crippen molar-refractivity contribution >= 4 is 5.97 Å². The van der Waals surface area contributed by atoms with Gasteiger partial charge in [-0.25, -0.2) is 0 Å². The second kappa shape index (κ2) is 6.12. The molecule has 0 amide bonds. The molecule has 120 valence electrons. The van der Waals surface area contributed by atoms with Gasteiger partial charge in [-0.2, -0.15) is 4.98 Å². The van der Waals surface area contributed by atoms with Gasteiger partial charge >= 0.3 is 0 Å². The van der Waals surface area contributed by atoms with Gasteiger partial charge in [0.2, 0.25) is 0 Å². The van der Waals surface area contributed by atoms with E-state index < -0.39 is 5.97 Å². The van der Waals surface area contributed by atoms with Crippen molar-refractivity contribution in [1.29, 1.82) is 0 Å². The molecule has 5 heteroatoms. The molecule has 5 nitrogen and oxygen atoms in total. The number of carboxylic acid groups (broad SMARTS) is 1. The molecule has 0 fully saturated rings. The second-order valence-electron chi connectivity index (χ2n) is 5.43. The highest BCUT2D eigenvalue weighted by Gasteiger charge is 2.16. The van der Waals surface area contributed by atoms with E-state index in [2.05, 4.69) is 4.98 Å². The van der Waals surface area contributed by atoms with E-state index in [9.17, 15) is 14.7 Å². The molecule has 0 atom stereocenters. The number of para-hydroxylation sites is 1. The lowest BCUT2D eigenvalue weighted by molar-refractivity contribution is -0.255. The van der Waals surface area contributed by atoms with Gasteiger partial charge in [0.1, 0.15) is 5.82 Å². The lowest BCUT2D eigenvalue weighted by atomic mass is 10.0. The molecule has 24 heavy (non-hydrogen) atoms. The maximum absolute atomic E-state index is 12.4. The number of carbonyl (C=O) groups excluding carboxylic acids is 1. The number of carbonyl (C=O) groups is 1. The van der Waals surface area contributed by atoms with E-state index in [1.54, 1.807) is 36.6 Å². The van der Waals surface area contributed by atoms with E-state index in [4.69, 9.17) is 0 Å². The van der Waals surface area contributed by atoms with Crippen LogP contribution in [0.25, 0.3) is 16.8 Å². The predicted octanol–water partition coefficient (Wildman–Crippen LogP) is 1.88. The quantitative estimate of drug-likeness (QED) is 0.739. The maximum Gasteiger partial charge on any atom is 0.281 e. The first-order chi connectivity index (χ1) is 11.5. The minimum atomic E-state index is -1.27. The molecular formula is C19H15N2O3-. The normalized spacial score (nSPS) is 10.6. The Morgan fingerprint density at radius 2 is 1.62 bits per heavy atom. The van der Waals surface area contributed by atoms with Gasteiger partial charge in [-0.1, -0.05) is 48.5 Å². The van der Waals surface area contributed by atoms with Crippen LogP contribution in [0.2, 0.25) is 0 Å². The van der Waals surface area contributed by atoms with E-state index >= 15 is 0 Å². The van der Waals surface area contributed by atoms with Crippen molar-refractivity contribution in [2.45, 2.75) is 13.8 Å². The summed E-state index contributed by atoms with van der Waals surface area (Å²) in [5, 5.41) is 11.4. The molecule has 0 unspecified atom stereocenters. The smallest absolute Gasteiger partial charge is 0.281 e. The summed E-state index contributed by atoms with van der Waals surface area (Å²) >= 11 is 0. The molecule has 0 N–H and O–H groups in total. The standard InChI is InChI=1S/C19H16N2O3/c1-12-17(14-8-4-3-5-9-14)18(22)20-13(2)21(12)16-11-7-6-10-15(16)19(23)24/h3-11H,1-2H3,(H,23,24)/p-1. The number of nitrogens with zero attached hydrogens (tertiary/aromatic N) is 2. The third-order valence-electron chi connectivity index (χ3n) is 3.93. The molecule has 0 bridgehead atoms. The zero-order chi connectivity index (χ0) is 17.3. The SMILES string of the molecule is Cc1nc(=O)c(-c2ccccc2)c(C)n1-c1ccccc1C(=O)[O-]. The van der Waals surface area contributed by atoms with Crippen LogP contribution in [-0.2, 0) is 0 Å². The van der Waals surface area contributed by atoms with E-state index in [0.717, 1.165) is 5.56 Å². The van der Waals surface area contributed by atoms with Crippen molar-refractivity contribution in [1.82, 2.24) is 9.55 Å². The summed E-state index contributed by atoms with van der Waals surface area (Å²) in [5.74, 6) is -0.852. The van der Waals surface area contributed by atoms with Crippen LogP contribution in [0.1, 0.15) is 21.9 Å². The first-order valence-electron chi connectivity index (χ1n) is 7.47. The van der Waals surface area contributed by atoms with Crippen LogP contribution < -0.4 is 10.7 Å². The first kappa shape index (κ1) is 15.7. The van der Waals surface area contributed by atoms with Gasteiger partial charge in [-0.05, 0) is 25.5 Å². The van der Waals surface area contributed by atoms with Gasteiger partial charge in [0, 0.05) is 11.3 Å². The Bertz CT molecular complexity index is 976. The minimum absolute atomic E-state index is 0.0492. The largest absolute Gasteiger partial charge is 0.545 e. The van der Waals surface area contributed by atoms with Crippen LogP contribution >= 0.6 is 0 Å². The Hall–Kier alpha value is -3.21. The second-order valence-corrected chi connectivity index (χ2v) is 5.43. The Morgan fingerprint density at radius 3 is 2.29 bits per heavy atom. The summed E-state index contributed by atoms with van der Waals surface area (Å²) in [6.45, 7) is 3.46. The average molecular weight is 319 g/mol. The van der Waals surface area contributed by atoms with Gasteiger partial charge in [-0.15, -0.1) is 0 Å². The summed E-state index contributed by atoms with van der Waals surface area (Å²) in [4.78, 5) is 27.9. The van der Waals surface area contributed by atoms with E-state index in [1.165, 1.54) is 6.07 Å². The lowest BCUT2D eigenvalue weighted by Crippen LogP contribution is -2.26. The Balaban J connectivity index is 2.36. The topological polar surface area (TPSA) is 75.0 Å². The van der Waals surface area contributed by atoms with Crippen LogP contribution in [0.15, 0.2) is 59.4 Å². The van der Waals surface area contributed by atoms with Crippen molar-refractivity contribution in [3.8, 4) is 16.8 Å². The summed E-state index contributed by atoms with van der Waals surface area (Å²) in [7, 11) is 0. The molecule has 1 aromatic heterocycles. The average Bonchev–Trinajstić information content (AvgIpc) is 2.55. The highest BCUT2D eigenvalue weighted by Crippen LogP contribution is 2.24.